The van der Waals surface area contributed by atoms with Crippen molar-refractivity contribution in [3.05, 3.63) is 30.1 Å². The summed E-state index contributed by atoms with van der Waals surface area (Å²) in [5.74, 6) is -2.30. The van der Waals surface area contributed by atoms with Crippen LogP contribution in [0, 0.1) is 5.82 Å². The summed E-state index contributed by atoms with van der Waals surface area (Å²) in [6.07, 6.45) is 3.89. The van der Waals surface area contributed by atoms with Crippen LogP contribution in [0.3, 0.4) is 0 Å². The second kappa shape index (κ2) is 11.3. The Balaban J connectivity index is 1.55. The predicted octanol–water partition coefficient (Wildman–Crippen LogP) is 1.81. The molecule has 0 bridgehead atoms. The Hall–Kier alpha value is -2.62. The molecule has 0 unspecified atom stereocenters. The van der Waals surface area contributed by atoms with Crippen molar-refractivity contribution in [2.24, 2.45) is 0 Å². The number of anilines is 1. The quantitative estimate of drug-likeness (QED) is 0.562. The van der Waals surface area contributed by atoms with Gasteiger partial charge in [0.1, 0.15) is 5.82 Å². The highest BCUT2D eigenvalue weighted by molar-refractivity contribution is 8.00. The van der Waals surface area contributed by atoms with Gasteiger partial charge >= 0.3 is 12.0 Å². The second-order valence-electron chi connectivity index (χ2n) is 6.21. The summed E-state index contributed by atoms with van der Waals surface area (Å²) in [5.41, 5.74) is 0.446. The summed E-state index contributed by atoms with van der Waals surface area (Å²) >= 11 is 1.01. The largest absolute Gasteiger partial charge is 0.455 e. The van der Waals surface area contributed by atoms with Gasteiger partial charge in [-0.3, -0.25) is 19.7 Å². The fraction of sp³-hybridized carbons (Fsp3) is 0.444. The molecule has 8 nitrogen and oxygen atoms in total. The monoisotopic (exact) mass is 411 g/mol. The molecule has 28 heavy (non-hydrogen) atoms. The van der Waals surface area contributed by atoms with Crippen LogP contribution in [0.2, 0.25) is 0 Å². The van der Waals surface area contributed by atoms with E-state index in [-0.39, 0.29) is 23.5 Å². The van der Waals surface area contributed by atoms with Crippen molar-refractivity contribution < 1.29 is 28.3 Å². The van der Waals surface area contributed by atoms with Crippen molar-refractivity contribution in [3.8, 4) is 0 Å². The number of thioether (sulfide) groups is 1. The molecule has 3 N–H and O–H groups in total. The number of hydrogen-bond acceptors (Lipinski definition) is 6. The molecule has 0 radical (unpaired) electrons. The Bertz CT molecular complexity index is 708. The van der Waals surface area contributed by atoms with E-state index in [1.54, 1.807) is 0 Å². The smallest absolute Gasteiger partial charge is 0.321 e. The molecule has 0 heterocycles. The average molecular weight is 411 g/mol. The molecular weight excluding hydrogens is 389 g/mol. The summed E-state index contributed by atoms with van der Waals surface area (Å²) in [6, 6.07) is 4.77. The predicted molar refractivity (Wildman–Crippen MR) is 102 cm³/mol. The van der Waals surface area contributed by atoms with Crippen LogP contribution in [0.5, 0.6) is 0 Å². The molecule has 152 valence electrons. The molecule has 0 atom stereocenters. The van der Waals surface area contributed by atoms with Gasteiger partial charge in [-0.1, -0.05) is 12.8 Å². The highest BCUT2D eigenvalue weighted by Gasteiger charge is 2.18. The molecule has 1 aliphatic carbocycles. The van der Waals surface area contributed by atoms with Crippen molar-refractivity contribution in [2.75, 3.05) is 23.4 Å². The lowest BCUT2D eigenvalue weighted by Gasteiger charge is -2.12. The lowest BCUT2D eigenvalue weighted by molar-refractivity contribution is -0.145. The normalized spacial score (nSPS) is 13.6. The standard InChI is InChI=1S/C18H22FN3O5S/c19-12-5-7-14(8-6-12)20-16(24)10-28-11-17(25)27-9-15(23)22-18(26)21-13-3-1-2-4-13/h5-8,13H,1-4,9-11H2,(H,20,24)(H2,21,22,23,26). The highest BCUT2D eigenvalue weighted by Crippen LogP contribution is 2.17. The molecule has 1 aromatic rings. The first kappa shape index (κ1) is 21.7. The van der Waals surface area contributed by atoms with Crippen LogP contribution in [-0.4, -0.2) is 48.0 Å². The molecule has 0 aromatic heterocycles. The number of rotatable bonds is 8. The molecule has 10 heteroatoms. The number of halogens is 1. The summed E-state index contributed by atoms with van der Waals surface area (Å²) in [4.78, 5) is 46.5. The zero-order valence-electron chi connectivity index (χ0n) is 15.2. The van der Waals surface area contributed by atoms with Gasteiger partial charge in [-0.05, 0) is 37.1 Å². The van der Waals surface area contributed by atoms with E-state index in [4.69, 9.17) is 4.74 Å². The SMILES string of the molecule is O=C(COC(=O)CSCC(=O)Nc1ccc(F)cc1)NC(=O)NC1CCCC1. The van der Waals surface area contributed by atoms with Gasteiger partial charge in [0.05, 0.1) is 11.5 Å². The minimum Gasteiger partial charge on any atom is -0.455 e. The molecule has 0 spiro atoms. The third kappa shape index (κ3) is 8.38. The van der Waals surface area contributed by atoms with E-state index in [0.717, 1.165) is 37.4 Å². The fourth-order valence-electron chi connectivity index (χ4n) is 2.60. The number of nitrogens with one attached hydrogen (secondary N) is 3. The van der Waals surface area contributed by atoms with Gasteiger partial charge in [-0.25, -0.2) is 9.18 Å². The van der Waals surface area contributed by atoms with E-state index in [1.165, 1.54) is 24.3 Å². The topological polar surface area (TPSA) is 114 Å². The Labute approximate surface area is 166 Å². The Morgan fingerprint density at radius 1 is 1.04 bits per heavy atom. The van der Waals surface area contributed by atoms with Crippen LogP contribution in [0.4, 0.5) is 14.9 Å². The second-order valence-corrected chi connectivity index (χ2v) is 7.20. The molecule has 1 fully saturated rings. The molecule has 1 aliphatic rings. The maximum atomic E-state index is 12.8. The first-order valence-electron chi connectivity index (χ1n) is 8.81. The van der Waals surface area contributed by atoms with E-state index in [2.05, 4.69) is 16.0 Å². The number of ether oxygens (including phenoxy) is 1. The average Bonchev–Trinajstić information content (AvgIpc) is 3.14. The maximum Gasteiger partial charge on any atom is 0.321 e. The molecule has 0 saturated heterocycles. The number of esters is 1. The zero-order valence-corrected chi connectivity index (χ0v) is 16.0. The van der Waals surface area contributed by atoms with Crippen LogP contribution in [0.15, 0.2) is 24.3 Å². The van der Waals surface area contributed by atoms with Crippen molar-refractivity contribution in [1.82, 2.24) is 10.6 Å². The summed E-state index contributed by atoms with van der Waals surface area (Å²) in [7, 11) is 0. The minimum atomic E-state index is -0.720. The van der Waals surface area contributed by atoms with E-state index in [9.17, 15) is 23.6 Å². The van der Waals surface area contributed by atoms with Gasteiger partial charge in [-0.15, -0.1) is 11.8 Å². The van der Waals surface area contributed by atoms with Gasteiger partial charge in [0.2, 0.25) is 5.91 Å². The van der Waals surface area contributed by atoms with Crippen LogP contribution < -0.4 is 16.0 Å². The number of hydrogen-bond donors (Lipinski definition) is 3. The molecular formula is C18H22FN3O5S. The Morgan fingerprint density at radius 2 is 1.71 bits per heavy atom. The fourth-order valence-corrected chi connectivity index (χ4v) is 3.21. The summed E-state index contributed by atoms with van der Waals surface area (Å²) in [5, 5.41) is 7.35. The molecule has 1 saturated carbocycles. The third-order valence-electron chi connectivity index (χ3n) is 3.89. The Morgan fingerprint density at radius 3 is 2.39 bits per heavy atom. The third-order valence-corrected chi connectivity index (χ3v) is 4.79. The van der Waals surface area contributed by atoms with E-state index >= 15 is 0 Å². The zero-order chi connectivity index (χ0) is 20.4. The lowest BCUT2D eigenvalue weighted by Crippen LogP contribution is -2.45. The van der Waals surface area contributed by atoms with Gasteiger partial charge in [0, 0.05) is 11.7 Å². The molecule has 2 rings (SSSR count). The Kier molecular flexibility index (Phi) is 8.73. The molecule has 1 aromatic carbocycles. The number of benzene rings is 1. The van der Waals surface area contributed by atoms with Gasteiger partial charge < -0.3 is 15.4 Å². The number of amides is 4. The number of carbonyl (C=O) groups is 4. The van der Waals surface area contributed by atoms with E-state index in [0.29, 0.717) is 5.69 Å². The number of urea groups is 1. The van der Waals surface area contributed by atoms with Crippen molar-refractivity contribution >= 4 is 41.3 Å². The summed E-state index contributed by atoms with van der Waals surface area (Å²) in [6.45, 7) is -0.570. The van der Waals surface area contributed by atoms with Crippen LogP contribution in [0.25, 0.3) is 0 Å². The van der Waals surface area contributed by atoms with Crippen molar-refractivity contribution in [2.45, 2.75) is 31.7 Å². The van der Waals surface area contributed by atoms with Crippen LogP contribution >= 0.6 is 11.8 Å². The highest BCUT2D eigenvalue weighted by atomic mass is 32.2. The summed E-state index contributed by atoms with van der Waals surface area (Å²) < 4.78 is 17.5. The van der Waals surface area contributed by atoms with Gasteiger partial charge in [0.15, 0.2) is 6.61 Å². The lowest BCUT2D eigenvalue weighted by atomic mass is 10.2. The van der Waals surface area contributed by atoms with E-state index in [1.807, 2.05) is 0 Å². The van der Waals surface area contributed by atoms with Gasteiger partial charge in [0.25, 0.3) is 5.91 Å². The molecule has 0 aliphatic heterocycles. The van der Waals surface area contributed by atoms with Crippen molar-refractivity contribution in [3.63, 3.8) is 0 Å². The number of imide groups is 1. The van der Waals surface area contributed by atoms with E-state index < -0.39 is 30.3 Å². The molecule has 4 amide bonds. The van der Waals surface area contributed by atoms with Crippen LogP contribution in [0.1, 0.15) is 25.7 Å². The first-order valence-corrected chi connectivity index (χ1v) is 9.97. The van der Waals surface area contributed by atoms with Crippen molar-refractivity contribution in [1.29, 1.82) is 0 Å². The van der Waals surface area contributed by atoms with Crippen LogP contribution in [-0.2, 0) is 19.1 Å². The minimum absolute atomic E-state index is 0.0114. The maximum absolute atomic E-state index is 12.8. The first-order chi connectivity index (χ1) is 13.4. The van der Waals surface area contributed by atoms with Gasteiger partial charge in [-0.2, -0.15) is 0 Å². The number of carbonyl (C=O) groups excluding carboxylic acids is 4.